The molecule has 70 valence electrons. The highest BCUT2D eigenvalue weighted by Gasteiger charge is 1.95. The number of thiocarbonyl (C=S) groups is 1. The molecule has 0 amide bonds. The molecule has 0 unspecified atom stereocenters. The van der Waals surface area contributed by atoms with Crippen LogP contribution in [0.5, 0.6) is 0 Å². The van der Waals surface area contributed by atoms with Crippen molar-refractivity contribution >= 4 is 22.9 Å². The van der Waals surface area contributed by atoms with Crippen molar-refractivity contribution in [3.05, 3.63) is 30.3 Å². The molecule has 0 heterocycles. The van der Waals surface area contributed by atoms with E-state index in [1.807, 2.05) is 30.3 Å². The van der Waals surface area contributed by atoms with Gasteiger partial charge in [0.25, 0.3) is 0 Å². The number of nitrogens with one attached hydrogen (secondary N) is 1. The van der Waals surface area contributed by atoms with Crippen molar-refractivity contribution in [2.45, 2.75) is 26.2 Å². The summed E-state index contributed by atoms with van der Waals surface area (Å²) in [6, 6.07) is 10.1. The van der Waals surface area contributed by atoms with Gasteiger partial charge in [0.15, 0.2) is 0 Å². The Morgan fingerprint density at radius 3 is 2.62 bits per heavy atom. The van der Waals surface area contributed by atoms with Crippen LogP contribution in [0.1, 0.15) is 26.2 Å². The van der Waals surface area contributed by atoms with Gasteiger partial charge in [-0.3, -0.25) is 0 Å². The Balaban J connectivity index is 2.37. The van der Waals surface area contributed by atoms with Crippen LogP contribution in [0.4, 0.5) is 5.69 Å². The topological polar surface area (TPSA) is 12.0 Å². The maximum Gasteiger partial charge on any atom is 0.0797 e. The van der Waals surface area contributed by atoms with Crippen LogP contribution in [0, 0.1) is 0 Å². The first kappa shape index (κ1) is 10.2. The number of hydrogen-bond donors (Lipinski definition) is 1. The normalized spacial score (nSPS) is 9.62. The van der Waals surface area contributed by atoms with Crippen molar-refractivity contribution < 1.29 is 0 Å². The lowest BCUT2D eigenvalue weighted by Crippen LogP contribution is -2.08. The van der Waals surface area contributed by atoms with Crippen molar-refractivity contribution in [3.63, 3.8) is 0 Å². The molecule has 1 aromatic carbocycles. The zero-order valence-corrected chi connectivity index (χ0v) is 8.73. The molecule has 1 N–H and O–H groups in total. The highest BCUT2D eigenvalue weighted by atomic mass is 32.1. The number of anilines is 1. The van der Waals surface area contributed by atoms with Crippen LogP contribution < -0.4 is 5.32 Å². The Bertz CT molecular complexity index is 256. The minimum absolute atomic E-state index is 0.938. The lowest BCUT2D eigenvalue weighted by atomic mass is 10.2. The van der Waals surface area contributed by atoms with Crippen molar-refractivity contribution in [2.75, 3.05) is 5.32 Å². The van der Waals surface area contributed by atoms with Crippen LogP contribution in [0.25, 0.3) is 0 Å². The smallest absolute Gasteiger partial charge is 0.0797 e. The molecule has 0 saturated heterocycles. The minimum Gasteiger partial charge on any atom is -0.350 e. The molecule has 0 spiro atoms. The first-order valence-corrected chi connectivity index (χ1v) is 5.08. The lowest BCUT2D eigenvalue weighted by molar-refractivity contribution is 0.839. The second-order valence-electron chi connectivity index (χ2n) is 3.02. The number of benzene rings is 1. The van der Waals surface area contributed by atoms with Crippen LogP contribution in [-0.2, 0) is 0 Å². The molecule has 0 aromatic heterocycles. The monoisotopic (exact) mass is 193 g/mol. The standard InChI is InChI=1S/C11H15NS/c1-2-3-9-11(13)12-10-7-5-4-6-8-10/h4-8H,2-3,9H2,1H3,(H,12,13). The summed E-state index contributed by atoms with van der Waals surface area (Å²) in [5.74, 6) is 0. The van der Waals surface area contributed by atoms with Crippen molar-refractivity contribution in [1.29, 1.82) is 0 Å². The van der Waals surface area contributed by atoms with E-state index in [2.05, 4.69) is 12.2 Å². The Morgan fingerprint density at radius 1 is 1.31 bits per heavy atom. The van der Waals surface area contributed by atoms with Crippen molar-refractivity contribution in [1.82, 2.24) is 0 Å². The summed E-state index contributed by atoms with van der Waals surface area (Å²) in [4.78, 5) is 0.938. The molecule has 0 saturated carbocycles. The summed E-state index contributed by atoms with van der Waals surface area (Å²) in [7, 11) is 0. The third-order valence-electron chi connectivity index (χ3n) is 1.81. The zero-order chi connectivity index (χ0) is 9.52. The molecule has 0 atom stereocenters. The summed E-state index contributed by atoms with van der Waals surface area (Å²) in [6.07, 6.45) is 3.34. The molecule has 0 aliphatic carbocycles. The van der Waals surface area contributed by atoms with E-state index >= 15 is 0 Å². The summed E-state index contributed by atoms with van der Waals surface area (Å²) >= 11 is 5.19. The molecule has 0 radical (unpaired) electrons. The predicted molar refractivity (Wildman–Crippen MR) is 62.2 cm³/mol. The average molecular weight is 193 g/mol. The first-order valence-electron chi connectivity index (χ1n) is 4.68. The average Bonchev–Trinajstić information content (AvgIpc) is 2.16. The fourth-order valence-corrected chi connectivity index (χ4v) is 1.34. The molecule has 1 aromatic rings. The molecule has 13 heavy (non-hydrogen) atoms. The second kappa shape index (κ2) is 5.70. The second-order valence-corrected chi connectivity index (χ2v) is 3.51. The van der Waals surface area contributed by atoms with E-state index in [-0.39, 0.29) is 0 Å². The van der Waals surface area contributed by atoms with Crippen LogP contribution in [0.2, 0.25) is 0 Å². The number of hydrogen-bond acceptors (Lipinski definition) is 1. The summed E-state index contributed by atoms with van der Waals surface area (Å²) in [5, 5.41) is 3.21. The van der Waals surface area contributed by atoms with E-state index in [0.29, 0.717) is 0 Å². The zero-order valence-electron chi connectivity index (χ0n) is 7.92. The Hall–Kier alpha value is -0.890. The molecular formula is C11H15NS. The number of unbranched alkanes of at least 4 members (excludes halogenated alkanes) is 1. The molecule has 0 fully saturated rings. The third-order valence-corrected chi connectivity index (χ3v) is 2.12. The van der Waals surface area contributed by atoms with E-state index in [9.17, 15) is 0 Å². The van der Waals surface area contributed by atoms with Gasteiger partial charge in [-0.1, -0.05) is 43.8 Å². The van der Waals surface area contributed by atoms with Gasteiger partial charge in [0.05, 0.1) is 4.99 Å². The molecule has 0 aliphatic rings. The highest BCUT2D eigenvalue weighted by Crippen LogP contribution is 2.07. The van der Waals surface area contributed by atoms with E-state index in [4.69, 9.17) is 12.2 Å². The van der Waals surface area contributed by atoms with Gasteiger partial charge in [-0.25, -0.2) is 0 Å². The summed E-state index contributed by atoms with van der Waals surface area (Å²) in [5.41, 5.74) is 1.09. The predicted octanol–water partition coefficient (Wildman–Crippen LogP) is 3.62. The lowest BCUT2D eigenvalue weighted by Gasteiger charge is -2.06. The first-order chi connectivity index (χ1) is 6.33. The molecule has 1 rings (SSSR count). The van der Waals surface area contributed by atoms with Gasteiger partial charge in [-0.2, -0.15) is 0 Å². The summed E-state index contributed by atoms with van der Waals surface area (Å²) in [6.45, 7) is 2.17. The molecule has 2 heteroatoms. The maximum atomic E-state index is 5.19. The van der Waals surface area contributed by atoms with Gasteiger partial charge in [-0.05, 0) is 25.0 Å². The fraction of sp³-hybridized carbons (Fsp3) is 0.364. The van der Waals surface area contributed by atoms with E-state index < -0.39 is 0 Å². The van der Waals surface area contributed by atoms with Gasteiger partial charge >= 0.3 is 0 Å². The van der Waals surface area contributed by atoms with E-state index in [0.717, 1.165) is 17.1 Å². The fourth-order valence-electron chi connectivity index (χ4n) is 1.08. The highest BCUT2D eigenvalue weighted by molar-refractivity contribution is 7.80. The molecule has 0 aliphatic heterocycles. The molecule has 1 nitrogen and oxygen atoms in total. The van der Waals surface area contributed by atoms with Crippen molar-refractivity contribution in [3.8, 4) is 0 Å². The van der Waals surface area contributed by atoms with E-state index in [1.54, 1.807) is 0 Å². The third kappa shape index (κ3) is 4.04. The van der Waals surface area contributed by atoms with Crippen LogP contribution in [0.15, 0.2) is 30.3 Å². The van der Waals surface area contributed by atoms with Crippen LogP contribution in [-0.4, -0.2) is 4.99 Å². The number of rotatable bonds is 4. The van der Waals surface area contributed by atoms with Crippen LogP contribution >= 0.6 is 12.2 Å². The summed E-state index contributed by atoms with van der Waals surface area (Å²) < 4.78 is 0. The Morgan fingerprint density at radius 2 is 2.00 bits per heavy atom. The van der Waals surface area contributed by atoms with Gasteiger partial charge in [0.1, 0.15) is 0 Å². The van der Waals surface area contributed by atoms with Crippen LogP contribution in [0.3, 0.4) is 0 Å². The SMILES string of the molecule is CCCCC(=S)Nc1ccccc1. The van der Waals surface area contributed by atoms with Gasteiger partial charge < -0.3 is 5.32 Å². The van der Waals surface area contributed by atoms with Gasteiger partial charge in [-0.15, -0.1) is 0 Å². The number of para-hydroxylation sites is 1. The van der Waals surface area contributed by atoms with Gasteiger partial charge in [0.2, 0.25) is 0 Å². The Labute approximate surface area is 85.2 Å². The minimum atomic E-state index is 0.938. The Kier molecular flexibility index (Phi) is 4.47. The van der Waals surface area contributed by atoms with Crippen molar-refractivity contribution in [2.24, 2.45) is 0 Å². The molecule has 0 bridgehead atoms. The maximum absolute atomic E-state index is 5.19. The van der Waals surface area contributed by atoms with E-state index in [1.165, 1.54) is 12.8 Å². The molecular weight excluding hydrogens is 178 g/mol. The van der Waals surface area contributed by atoms with Gasteiger partial charge in [0, 0.05) is 5.69 Å². The largest absolute Gasteiger partial charge is 0.350 e. The quantitative estimate of drug-likeness (QED) is 0.733.